The highest BCUT2D eigenvalue weighted by atomic mass is 16.1. The molecule has 0 bridgehead atoms. The van der Waals surface area contributed by atoms with E-state index in [1.54, 1.807) is 0 Å². The molecule has 2 fully saturated rings. The summed E-state index contributed by atoms with van der Waals surface area (Å²) >= 11 is 0. The number of rotatable bonds is 5. The van der Waals surface area contributed by atoms with Gasteiger partial charge >= 0.3 is 0 Å². The molecule has 0 atom stereocenters. The molecule has 6 heteroatoms. The first-order chi connectivity index (χ1) is 15.3. The highest BCUT2D eigenvalue weighted by Gasteiger charge is 2.18. The van der Waals surface area contributed by atoms with Gasteiger partial charge in [0.15, 0.2) is 0 Å². The number of hydrogen-bond donors (Lipinski definition) is 3. The quantitative estimate of drug-likeness (QED) is 0.592. The molecule has 1 amide bonds. The van der Waals surface area contributed by atoms with Crippen molar-refractivity contribution in [1.29, 1.82) is 0 Å². The molecule has 6 nitrogen and oxygen atoms in total. The second-order valence-electron chi connectivity index (χ2n) is 8.46. The lowest BCUT2D eigenvalue weighted by molar-refractivity contribution is 0.0938. The second kappa shape index (κ2) is 8.94. The third-order valence-electron chi connectivity index (χ3n) is 6.31. The van der Waals surface area contributed by atoms with Crippen molar-refractivity contribution in [2.24, 2.45) is 0 Å². The summed E-state index contributed by atoms with van der Waals surface area (Å²) < 4.78 is 0. The molecule has 3 heterocycles. The van der Waals surface area contributed by atoms with Crippen LogP contribution in [0.1, 0.15) is 36.0 Å². The number of H-pyrrole nitrogens is 1. The topological polar surface area (TPSA) is 73.1 Å². The molecule has 2 aromatic heterocycles. The number of carbonyl (C=O) groups is 1. The summed E-state index contributed by atoms with van der Waals surface area (Å²) in [5.41, 5.74) is 4.68. The molecule has 31 heavy (non-hydrogen) atoms. The standard InChI is InChI=1S/C25H29N5O/c31-25(28-21-6-1-2-7-21)20-5-3-4-18(16-20)23-17-19(10-11-27-23)22-8-9-24(29-22)30-14-12-26-13-15-30/h3-5,8-11,16-17,21,26,29H,1-2,6-7,12-15H2,(H,28,31). The van der Waals surface area contributed by atoms with E-state index < -0.39 is 0 Å². The van der Waals surface area contributed by atoms with Gasteiger partial charge in [-0.05, 0) is 49.2 Å². The first kappa shape index (κ1) is 19.8. The maximum absolute atomic E-state index is 12.7. The lowest BCUT2D eigenvalue weighted by Gasteiger charge is -2.28. The molecular formula is C25H29N5O. The fourth-order valence-corrected chi connectivity index (χ4v) is 4.56. The fourth-order valence-electron chi connectivity index (χ4n) is 4.56. The summed E-state index contributed by atoms with van der Waals surface area (Å²) in [6, 6.07) is 16.5. The van der Waals surface area contributed by atoms with E-state index in [4.69, 9.17) is 0 Å². The molecule has 0 spiro atoms. The summed E-state index contributed by atoms with van der Waals surface area (Å²) in [4.78, 5) is 23.2. The van der Waals surface area contributed by atoms with Crippen molar-refractivity contribution in [1.82, 2.24) is 20.6 Å². The van der Waals surface area contributed by atoms with E-state index >= 15 is 0 Å². The maximum Gasteiger partial charge on any atom is 0.251 e. The number of piperazine rings is 1. The minimum Gasteiger partial charge on any atom is -0.356 e. The van der Waals surface area contributed by atoms with Gasteiger partial charge in [-0.15, -0.1) is 0 Å². The largest absolute Gasteiger partial charge is 0.356 e. The summed E-state index contributed by atoms with van der Waals surface area (Å²) in [6.45, 7) is 4.05. The predicted molar refractivity (Wildman–Crippen MR) is 124 cm³/mol. The molecule has 1 aliphatic carbocycles. The van der Waals surface area contributed by atoms with Crippen molar-refractivity contribution < 1.29 is 4.79 Å². The smallest absolute Gasteiger partial charge is 0.251 e. The number of aromatic nitrogens is 2. The van der Waals surface area contributed by atoms with Crippen LogP contribution in [0.2, 0.25) is 0 Å². The number of pyridine rings is 1. The van der Waals surface area contributed by atoms with Crippen LogP contribution in [0, 0.1) is 0 Å². The van der Waals surface area contributed by atoms with Crippen LogP contribution in [0.4, 0.5) is 5.82 Å². The van der Waals surface area contributed by atoms with E-state index in [-0.39, 0.29) is 5.91 Å². The van der Waals surface area contributed by atoms with Crippen molar-refractivity contribution in [2.45, 2.75) is 31.7 Å². The zero-order valence-corrected chi connectivity index (χ0v) is 17.7. The molecular weight excluding hydrogens is 386 g/mol. The lowest BCUT2D eigenvalue weighted by Crippen LogP contribution is -2.43. The van der Waals surface area contributed by atoms with Crippen molar-refractivity contribution in [3.8, 4) is 22.5 Å². The van der Waals surface area contributed by atoms with Crippen molar-refractivity contribution in [3.05, 3.63) is 60.3 Å². The Morgan fingerprint density at radius 1 is 1.00 bits per heavy atom. The van der Waals surface area contributed by atoms with E-state index in [1.165, 1.54) is 12.8 Å². The van der Waals surface area contributed by atoms with E-state index in [9.17, 15) is 4.79 Å². The molecule has 0 radical (unpaired) electrons. The monoisotopic (exact) mass is 415 g/mol. The van der Waals surface area contributed by atoms with Crippen LogP contribution in [0.25, 0.3) is 22.5 Å². The number of amides is 1. The summed E-state index contributed by atoms with van der Waals surface area (Å²) in [7, 11) is 0. The fraction of sp³-hybridized carbons (Fsp3) is 0.360. The molecule has 5 rings (SSSR count). The lowest BCUT2D eigenvalue weighted by atomic mass is 10.0. The minimum atomic E-state index is 0.00920. The third kappa shape index (κ3) is 4.49. The molecule has 3 aromatic rings. The van der Waals surface area contributed by atoms with Gasteiger partial charge in [-0.3, -0.25) is 9.78 Å². The van der Waals surface area contributed by atoms with Gasteiger partial charge < -0.3 is 20.5 Å². The third-order valence-corrected chi connectivity index (χ3v) is 6.31. The predicted octanol–water partition coefficient (Wildman–Crippen LogP) is 3.83. The van der Waals surface area contributed by atoms with Gasteiger partial charge in [0.1, 0.15) is 5.82 Å². The van der Waals surface area contributed by atoms with Gasteiger partial charge in [0, 0.05) is 60.8 Å². The van der Waals surface area contributed by atoms with Gasteiger partial charge in [0.05, 0.1) is 5.69 Å². The molecule has 1 saturated carbocycles. The van der Waals surface area contributed by atoms with E-state index in [2.05, 4.69) is 43.7 Å². The number of benzene rings is 1. The average molecular weight is 416 g/mol. The van der Waals surface area contributed by atoms with Crippen LogP contribution in [0.5, 0.6) is 0 Å². The van der Waals surface area contributed by atoms with Crippen LogP contribution in [0.3, 0.4) is 0 Å². The van der Waals surface area contributed by atoms with E-state index in [0.29, 0.717) is 11.6 Å². The first-order valence-corrected chi connectivity index (χ1v) is 11.3. The molecule has 1 aliphatic heterocycles. The van der Waals surface area contributed by atoms with Crippen LogP contribution in [0.15, 0.2) is 54.7 Å². The molecule has 160 valence electrons. The number of carbonyl (C=O) groups excluding carboxylic acids is 1. The Hall–Kier alpha value is -3.12. The van der Waals surface area contributed by atoms with Crippen molar-refractivity contribution in [3.63, 3.8) is 0 Å². The summed E-state index contributed by atoms with van der Waals surface area (Å²) in [6.07, 6.45) is 6.41. The van der Waals surface area contributed by atoms with Gasteiger partial charge in [0.25, 0.3) is 5.91 Å². The highest BCUT2D eigenvalue weighted by molar-refractivity contribution is 5.95. The molecule has 1 saturated heterocycles. The molecule has 2 aliphatic rings. The van der Waals surface area contributed by atoms with Gasteiger partial charge in [-0.1, -0.05) is 25.0 Å². The number of anilines is 1. The van der Waals surface area contributed by atoms with Crippen molar-refractivity contribution in [2.75, 3.05) is 31.1 Å². The molecule has 0 unspecified atom stereocenters. The Morgan fingerprint density at radius 2 is 1.84 bits per heavy atom. The van der Waals surface area contributed by atoms with Crippen LogP contribution in [-0.2, 0) is 0 Å². The molecule has 1 aromatic carbocycles. The Balaban J connectivity index is 1.35. The summed E-state index contributed by atoms with van der Waals surface area (Å²) in [5.74, 6) is 1.16. The van der Waals surface area contributed by atoms with Gasteiger partial charge in [0.2, 0.25) is 0 Å². The Bertz CT molecular complexity index is 1050. The van der Waals surface area contributed by atoms with Crippen LogP contribution < -0.4 is 15.5 Å². The second-order valence-corrected chi connectivity index (χ2v) is 8.46. The van der Waals surface area contributed by atoms with Crippen LogP contribution >= 0.6 is 0 Å². The Kier molecular flexibility index (Phi) is 5.71. The normalized spacial score (nSPS) is 17.1. The first-order valence-electron chi connectivity index (χ1n) is 11.3. The number of nitrogens with zero attached hydrogens (tertiary/aromatic N) is 2. The average Bonchev–Trinajstić information content (AvgIpc) is 3.52. The zero-order valence-electron chi connectivity index (χ0n) is 17.7. The maximum atomic E-state index is 12.7. The summed E-state index contributed by atoms with van der Waals surface area (Å²) in [5, 5.41) is 6.56. The van der Waals surface area contributed by atoms with Gasteiger partial charge in [-0.2, -0.15) is 0 Å². The minimum absolute atomic E-state index is 0.00920. The Morgan fingerprint density at radius 3 is 2.68 bits per heavy atom. The van der Waals surface area contributed by atoms with E-state index in [1.807, 2.05) is 36.5 Å². The van der Waals surface area contributed by atoms with Crippen LogP contribution in [-0.4, -0.2) is 48.1 Å². The van der Waals surface area contributed by atoms with Crippen molar-refractivity contribution >= 4 is 11.7 Å². The Labute approximate surface area is 183 Å². The number of aromatic amines is 1. The SMILES string of the molecule is O=C(NC1CCCC1)c1cccc(-c2cc(-c3ccc(N4CCNCC4)[nH]3)ccn2)c1. The number of nitrogens with one attached hydrogen (secondary N) is 3. The molecule has 3 N–H and O–H groups in total. The number of hydrogen-bond acceptors (Lipinski definition) is 4. The van der Waals surface area contributed by atoms with Gasteiger partial charge in [-0.25, -0.2) is 0 Å². The highest BCUT2D eigenvalue weighted by Crippen LogP contribution is 2.27. The van der Waals surface area contributed by atoms with E-state index in [0.717, 1.165) is 67.4 Å². The zero-order chi connectivity index (χ0) is 21.0.